The smallest absolute Gasteiger partial charge is 0.349 e. The Hall–Kier alpha value is -3.40. The monoisotopic (exact) mass is 502 g/mol. The Bertz CT molecular complexity index is 1280. The van der Waals surface area contributed by atoms with Crippen molar-refractivity contribution in [2.75, 3.05) is 0 Å². The zero-order valence-electron chi connectivity index (χ0n) is 18.0. The number of carbonyl (C=O) groups is 1. The van der Waals surface area contributed by atoms with Crippen LogP contribution in [0.3, 0.4) is 0 Å². The van der Waals surface area contributed by atoms with Crippen molar-refractivity contribution in [1.29, 1.82) is 0 Å². The number of nitrogens with one attached hydrogen (secondary N) is 2. The maximum Gasteiger partial charge on any atom is 0.349 e. The molecule has 0 saturated carbocycles. The first-order valence-electron chi connectivity index (χ1n) is 9.93. The van der Waals surface area contributed by atoms with Crippen LogP contribution in [0.25, 0.3) is 5.69 Å². The van der Waals surface area contributed by atoms with E-state index in [1.165, 1.54) is 6.07 Å². The number of phenolic OH excluding ortho intramolecular Hbond substituents is 1. The van der Waals surface area contributed by atoms with Gasteiger partial charge in [-0.25, -0.2) is 4.79 Å². The number of carbonyl (C=O) groups excluding carboxylic acids is 1. The molecular weight excluding hydrogens is 480 g/mol. The van der Waals surface area contributed by atoms with Crippen LogP contribution in [0.15, 0.2) is 44.4 Å². The fraction of sp³-hybridized carbons (Fsp3) is 0.273. The average molecular weight is 503 g/mol. The average Bonchev–Trinajstić information content (AvgIpc) is 2.72. The highest BCUT2D eigenvalue weighted by Gasteiger charge is 2.18. The number of benzene rings is 2. The van der Waals surface area contributed by atoms with Gasteiger partial charge in [0.25, 0.3) is 11.5 Å². The number of hydrogen-bond donors (Lipinski definition) is 3. The topological polar surface area (TPSA) is 126 Å². The molecule has 1 unspecified atom stereocenters. The van der Waals surface area contributed by atoms with E-state index >= 15 is 0 Å². The molecule has 0 radical (unpaired) electrons. The number of halogens is 1. The minimum atomic E-state index is -0.849. The number of aromatic amines is 1. The van der Waals surface area contributed by atoms with Gasteiger partial charge >= 0.3 is 5.69 Å². The zero-order valence-corrected chi connectivity index (χ0v) is 19.6. The fourth-order valence-corrected chi connectivity index (χ4v) is 3.36. The third-order valence-corrected chi connectivity index (χ3v) is 5.50. The summed E-state index contributed by atoms with van der Waals surface area (Å²) in [6.07, 6.45) is 0.681. The normalized spacial score (nSPS) is 11.8. The van der Waals surface area contributed by atoms with Gasteiger partial charge in [0.15, 0.2) is 0 Å². The second kappa shape index (κ2) is 9.39. The summed E-state index contributed by atoms with van der Waals surface area (Å²) in [7, 11) is 0. The molecule has 10 heteroatoms. The molecule has 3 N–H and O–H groups in total. The molecule has 3 aromatic rings. The molecule has 1 heterocycles. The van der Waals surface area contributed by atoms with Crippen molar-refractivity contribution < 1.29 is 14.6 Å². The molecule has 2 aromatic carbocycles. The lowest BCUT2D eigenvalue weighted by Crippen LogP contribution is -2.41. The van der Waals surface area contributed by atoms with Crippen LogP contribution < -0.4 is 21.3 Å². The van der Waals surface area contributed by atoms with Crippen molar-refractivity contribution in [2.45, 2.75) is 40.2 Å². The summed E-state index contributed by atoms with van der Waals surface area (Å²) in [6.45, 7) is 7.30. The maximum atomic E-state index is 12.4. The van der Waals surface area contributed by atoms with E-state index in [0.29, 0.717) is 39.2 Å². The number of aromatic hydroxyl groups is 1. The van der Waals surface area contributed by atoms with E-state index in [4.69, 9.17) is 4.74 Å². The molecule has 0 aliphatic rings. The van der Waals surface area contributed by atoms with Crippen LogP contribution in [-0.4, -0.2) is 31.8 Å². The van der Waals surface area contributed by atoms with Gasteiger partial charge in [0.05, 0.1) is 10.2 Å². The molecule has 0 fully saturated rings. The van der Waals surface area contributed by atoms with Gasteiger partial charge in [-0.1, -0.05) is 6.92 Å². The van der Waals surface area contributed by atoms with Crippen molar-refractivity contribution in [1.82, 2.24) is 20.1 Å². The molecule has 1 aromatic heterocycles. The first kappa shape index (κ1) is 23.3. The SMILES string of the molecule is CCC(C)NC(=O)c1nn(-c2cc(C)c(Oc3ccc(O)c(Br)c3)c(C)c2)c(=O)[nH]c1=O. The van der Waals surface area contributed by atoms with Crippen LogP contribution in [-0.2, 0) is 0 Å². The Morgan fingerprint density at radius 1 is 1.25 bits per heavy atom. The van der Waals surface area contributed by atoms with Crippen molar-refractivity contribution >= 4 is 21.8 Å². The van der Waals surface area contributed by atoms with Gasteiger partial charge in [-0.05, 0) is 84.6 Å². The van der Waals surface area contributed by atoms with E-state index in [0.717, 1.165) is 4.68 Å². The van der Waals surface area contributed by atoms with Gasteiger partial charge in [-0.2, -0.15) is 9.78 Å². The predicted molar refractivity (Wildman–Crippen MR) is 123 cm³/mol. The summed E-state index contributed by atoms with van der Waals surface area (Å²) in [6, 6.07) is 7.96. The first-order chi connectivity index (χ1) is 15.1. The number of H-pyrrole nitrogens is 1. The highest BCUT2D eigenvalue weighted by atomic mass is 79.9. The second-order valence-electron chi connectivity index (χ2n) is 7.43. The number of aromatic nitrogens is 3. The lowest BCUT2D eigenvalue weighted by atomic mass is 10.1. The Morgan fingerprint density at radius 3 is 2.50 bits per heavy atom. The number of hydrogen-bond acceptors (Lipinski definition) is 6. The predicted octanol–water partition coefficient (Wildman–Crippen LogP) is 3.33. The summed E-state index contributed by atoms with van der Waals surface area (Å²) in [4.78, 5) is 39.1. The summed E-state index contributed by atoms with van der Waals surface area (Å²) in [5, 5.41) is 16.3. The van der Waals surface area contributed by atoms with Gasteiger partial charge in [0.2, 0.25) is 5.69 Å². The molecule has 0 saturated heterocycles. The van der Waals surface area contributed by atoms with Gasteiger partial charge in [-0.3, -0.25) is 14.6 Å². The maximum absolute atomic E-state index is 12.4. The number of amides is 1. The molecule has 1 atom stereocenters. The van der Waals surface area contributed by atoms with Crippen LogP contribution >= 0.6 is 15.9 Å². The number of aryl methyl sites for hydroxylation is 2. The molecular formula is C22H23BrN4O5. The van der Waals surface area contributed by atoms with Crippen LogP contribution in [0.1, 0.15) is 41.9 Å². The van der Waals surface area contributed by atoms with Crippen molar-refractivity contribution in [3.05, 3.63) is 72.5 Å². The number of nitrogens with zero attached hydrogens (tertiary/aromatic N) is 2. The second-order valence-corrected chi connectivity index (χ2v) is 8.28. The molecule has 9 nitrogen and oxygen atoms in total. The Labute approximate surface area is 192 Å². The number of ether oxygens (including phenoxy) is 1. The van der Waals surface area contributed by atoms with Gasteiger partial charge in [0, 0.05) is 6.04 Å². The summed E-state index contributed by atoms with van der Waals surface area (Å²) >= 11 is 3.25. The molecule has 0 aliphatic carbocycles. The van der Waals surface area contributed by atoms with Crippen LogP contribution in [0.4, 0.5) is 0 Å². The van der Waals surface area contributed by atoms with Gasteiger partial charge in [-0.15, -0.1) is 0 Å². The van der Waals surface area contributed by atoms with E-state index < -0.39 is 22.9 Å². The third kappa shape index (κ3) is 4.91. The minimum absolute atomic E-state index is 0.0952. The molecule has 0 bridgehead atoms. The standard InChI is InChI=1S/C22H23BrN4O5/c1-5-13(4)24-20(29)18-21(30)25-22(31)27(26-18)14-8-11(2)19(12(3)9-14)32-15-6-7-17(28)16(23)10-15/h6-10,13,28H,5H2,1-4H3,(H,24,29)(H,25,30,31). The van der Waals surface area contributed by atoms with Crippen LogP contribution in [0, 0.1) is 13.8 Å². The minimum Gasteiger partial charge on any atom is -0.507 e. The van der Waals surface area contributed by atoms with Gasteiger partial charge < -0.3 is 15.2 Å². The summed E-state index contributed by atoms with van der Waals surface area (Å²) in [5.41, 5.74) is -0.222. The number of phenols is 1. The lowest BCUT2D eigenvalue weighted by Gasteiger charge is -2.15. The van der Waals surface area contributed by atoms with Crippen molar-refractivity contribution in [3.63, 3.8) is 0 Å². The first-order valence-corrected chi connectivity index (χ1v) is 10.7. The molecule has 32 heavy (non-hydrogen) atoms. The molecule has 3 rings (SSSR count). The Kier molecular flexibility index (Phi) is 6.83. The van der Waals surface area contributed by atoms with E-state index in [1.807, 2.05) is 6.92 Å². The zero-order chi connectivity index (χ0) is 23.6. The summed E-state index contributed by atoms with van der Waals surface area (Å²) < 4.78 is 7.44. The fourth-order valence-electron chi connectivity index (χ4n) is 3.00. The van der Waals surface area contributed by atoms with Gasteiger partial charge in [0.1, 0.15) is 17.2 Å². The van der Waals surface area contributed by atoms with E-state index in [2.05, 4.69) is 31.3 Å². The van der Waals surface area contributed by atoms with Crippen LogP contribution in [0.5, 0.6) is 17.2 Å². The molecule has 0 spiro atoms. The van der Waals surface area contributed by atoms with Crippen molar-refractivity contribution in [3.8, 4) is 22.9 Å². The number of rotatable bonds is 6. The van der Waals surface area contributed by atoms with Crippen LogP contribution in [0.2, 0.25) is 0 Å². The summed E-state index contributed by atoms with van der Waals surface area (Å²) in [5.74, 6) is 0.522. The lowest BCUT2D eigenvalue weighted by molar-refractivity contribution is 0.0930. The Balaban J connectivity index is 2.00. The molecule has 1 amide bonds. The van der Waals surface area contributed by atoms with E-state index in [-0.39, 0.29) is 11.8 Å². The van der Waals surface area contributed by atoms with E-state index in [1.54, 1.807) is 45.0 Å². The highest BCUT2D eigenvalue weighted by molar-refractivity contribution is 9.10. The quantitative estimate of drug-likeness (QED) is 0.474. The largest absolute Gasteiger partial charge is 0.507 e. The highest BCUT2D eigenvalue weighted by Crippen LogP contribution is 2.34. The molecule has 168 valence electrons. The van der Waals surface area contributed by atoms with Crippen molar-refractivity contribution in [2.24, 2.45) is 0 Å². The molecule has 0 aliphatic heterocycles. The third-order valence-electron chi connectivity index (χ3n) is 4.86. The Morgan fingerprint density at radius 2 is 1.91 bits per heavy atom. The van der Waals surface area contributed by atoms with E-state index in [9.17, 15) is 19.5 Å².